The number of nitrogens with zero attached hydrogens (tertiary/aromatic N) is 1. The molecular weight excluding hydrogens is 553 g/mol. The Kier molecular flexibility index (Phi) is 8.07. The number of ketones is 1. The number of hydrogen-bond donors (Lipinski definition) is 1. The van der Waals surface area contributed by atoms with Crippen LogP contribution in [0.4, 0.5) is 19.0 Å². The zero-order chi connectivity index (χ0) is 28.2. The molecule has 0 unspecified atom stereocenters. The van der Waals surface area contributed by atoms with E-state index in [0.717, 1.165) is 22.6 Å². The highest BCUT2D eigenvalue weighted by Gasteiger charge is 2.30. The molecule has 0 atom stereocenters. The molecule has 2 heterocycles. The summed E-state index contributed by atoms with van der Waals surface area (Å²) in [4.78, 5) is 17.1. The van der Waals surface area contributed by atoms with E-state index in [0.29, 0.717) is 23.3 Å². The second-order valence-corrected chi connectivity index (χ2v) is 10.7. The summed E-state index contributed by atoms with van der Waals surface area (Å²) in [6.45, 7) is 0. The summed E-state index contributed by atoms with van der Waals surface area (Å²) >= 11 is 1.54. The van der Waals surface area contributed by atoms with Gasteiger partial charge in [-0.25, -0.2) is 13.4 Å². The first-order valence-corrected chi connectivity index (χ1v) is 13.6. The van der Waals surface area contributed by atoms with Gasteiger partial charge < -0.3 is 9.47 Å². The predicted octanol–water partition coefficient (Wildman–Crippen LogP) is 6.54. The van der Waals surface area contributed by atoms with Gasteiger partial charge in [-0.15, -0.1) is 11.3 Å². The van der Waals surface area contributed by atoms with Crippen LogP contribution in [-0.4, -0.2) is 33.4 Å². The number of anilines is 1. The van der Waals surface area contributed by atoms with Crippen LogP contribution in [-0.2, 0) is 16.2 Å². The highest BCUT2D eigenvalue weighted by atomic mass is 32.2. The van der Waals surface area contributed by atoms with E-state index in [2.05, 4.69) is 9.71 Å². The van der Waals surface area contributed by atoms with E-state index in [1.807, 2.05) is 23.6 Å². The molecule has 0 spiro atoms. The van der Waals surface area contributed by atoms with Gasteiger partial charge in [0.05, 0.1) is 24.7 Å². The fourth-order valence-electron chi connectivity index (χ4n) is 3.56. The van der Waals surface area contributed by atoms with Crippen LogP contribution in [0.2, 0.25) is 0 Å². The minimum atomic E-state index is -4.59. The lowest BCUT2D eigenvalue weighted by Gasteiger charge is -2.12. The molecule has 0 fully saturated rings. The first-order valence-electron chi connectivity index (χ1n) is 11.2. The third-order valence-electron chi connectivity index (χ3n) is 5.53. The van der Waals surface area contributed by atoms with Crippen LogP contribution in [0.1, 0.15) is 21.5 Å². The van der Waals surface area contributed by atoms with Crippen LogP contribution in [0.3, 0.4) is 0 Å². The van der Waals surface area contributed by atoms with Gasteiger partial charge in [-0.05, 0) is 66.1 Å². The summed E-state index contributed by atoms with van der Waals surface area (Å²) in [5.41, 5.74) is 0.702. The van der Waals surface area contributed by atoms with Crippen molar-refractivity contribution in [1.29, 1.82) is 0 Å². The van der Waals surface area contributed by atoms with Crippen LogP contribution in [0, 0.1) is 0 Å². The quantitative estimate of drug-likeness (QED) is 0.180. The fraction of sp³-hybridized carbons (Fsp3) is 0.111. The Bertz CT molecular complexity index is 1600. The number of ether oxygens (including phenoxy) is 2. The monoisotopic (exact) mass is 574 g/mol. The predicted molar refractivity (Wildman–Crippen MR) is 143 cm³/mol. The van der Waals surface area contributed by atoms with Crippen molar-refractivity contribution in [3.8, 4) is 21.9 Å². The van der Waals surface area contributed by atoms with E-state index in [1.54, 1.807) is 19.3 Å². The third kappa shape index (κ3) is 6.47. The maximum absolute atomic E-state index is 12.8. The van der Waals surface area contributed by atoms with Gasteiger partial charge in [0.2, 0.25) is 0 Å². The molecule has 1 N–H and O–H groups in total. The van der Waals surface area contributed by atoms with Gasteiger partial charge in [-0.3, -0.25) is 9.52 Å². The average molecular weight is 575 g/mol. The molecule has 0 aliphatic rings. The number of allylic oxidation sites excluding steroid dienone is 1. The lowest BCUT2D eigenvalue weighted by Crippen LogP contribution is -2.14. The first-order chi connectivity index (χ1) is 18.5. The number of methoxy groups -OCH3 is 2. The van der Waals surface area contributed by atoms with Crippen molar-refractivity contribution in [2.24, 2.45) is 0 Å². The maximum Gasteiger partial charge on any atom is 0.417 e. The zero-order valence-corrected chi connectivity index (χ0v) is 22.2. The second kappa shape index (κ2) is 11.3. The molecule has 0 aliphatic heterocycles. The summed E-state index contributed by atoms with van der Waals surface area (Å²) in [5, 5.41) is 1.94. The Morgan fingerprint density at radius 2 is 1.72 bits per heavy atom. The number of carbonyl (C=O) groups excluding carboxylic acids is 1. The number of rotatable bonds is 9. The second-order valence-electron chi connectivity index (χ2n) is 8.03. The summed E-state index contributed by atoms with van der Waals surface area (Å²) in [6.07, 6.45) is -1.12. The molecule has 0 saturated carbocycles. The van der Waals surface area contributed by atoms with Crippen molar-refractivity contribution in [2.75, 3.05) is 18.9 Å². The van der Waals surface area contributed by atoms with Gasteiger partial charge in [-0.2, -0.15) is 13.2 Å². The number of alkyl halides is 3. The largest absolute Gasteiger partial charge is 0.496 e. The smallest absolute Gasteiger partial charge is 0.417 e. The molecule has 0 saturated heterocycles. The average Bonchev–Trinajstić information content (AvgIpc) is 3.46. The van der Waals surface area contributed by atoms with Crippen molar-refractivity contribution in [3.05, 3.63) is 95.0 Å². The Morgan fingerprint density at radius 1 is 1.00 bits per heavy atom. The van der Waals surface area contributed by atoms with Crippen molar-refractivity contribution in [2.45, 2.75) is 11.1 Å². The van der Waals surface area contributed by atoms with Crippen molar-refractivity contribution < 1.29 is 35.9 Å². The minimum absolute atomic E-state index is 0.192. The number of pyridine rings is 1. The highest BCUT2D eigenvalue weighted by Crippen LogP contribution is 2.38. The fourth-order valence-corrected chi connectivity index (χ4v) is 5.31. The topological polar surface area (TPSA) is 94.6 Å². The standard InChI is InChI=1S/C27H21F3N2O5S2/c1-36-23-15-24(37-2)21(25-4-3-13-38-25)14-18(23)7-11-22(33)17-5-9-20(10-6-17)39(34,35)32-26-12-8-19(16-31-26)27(28,29)30/h3-16H,1-2H3,(H,31,32)/b11-7+. The van der Waals surface area contributed by atoms with Crippen molar-refractivity contribution in [1.82, 2.24) is 4.98 Å². The lowest BCUT2D eigenvalue weighted by atomic mass is 10.0. The zero-order valence-electron chi connectivity index (χ0n) is 20.5. The highest BCUT2D eigenvalue weighted by molar-refractivity contribution is 7.92. The normalized spacial score (nSPS) is 11.9. The molecule has 4 rings (SSSR count). The van der Waals surface area contributed by atoms with Crippen LogP contribution >= 0.6 is 11.3 Å². The lowest BCUT2D eigenvalue weighted by molar-refractivity contribution is -0.137. The number of hydrogen-bond acceptors (Lipinski definition) is 7. The van der Waals surface area contributed by atoms with E-state index < -0.39 is 21.8 Å². The molecule has 0 aliphatic carbocycles. The van der Waals surface area contributed by atoms with Gasteiger partial charge in [-0.1, -0.05) is 6.07 Å². The molecule has 0 radical (unpaired) electrons. The Labute approximate surface area is 226 Å². The molecule has 2 aromatic heterocycles. The summed E-state index contributed by atoms with van der Waals surface area (Å²) in [7, 11) is -1.09. The first kappa shape index (κ1) is 27.9. The number of sulfonamides is 1. The molecule has 202 valence electrons. The van der Waals surface area contributed by atoms with Gasteiger partial charge in [0, 0.05) is 33.8 Å². The van der Waals surface area contributed by atoms with Crippen molar-refractivity contribution >= 4 is 39.0 Å². The van der Waals surface area contributed by atoms with E-state index >= 15 is 0 Å². The van der Waals surface area contributed by atoms with Gasteiger partial charge in [0.15, 0.2) is 5.78 Å². The number of halogens is 3. The van der Waals surface area contributed by atoms with Crippen LogP contribution < -0.4 is 14.2 Å². The van der Waals surface area contributed by atoms with Crippen molar-refractivity contribution in [3.63, 3.8) is 0 Å². The van der Waals surface area contributed by atoms with Gasteiger partial charge in [0.25, 0.3) is 10.0 Å². The van der Waals surface area contributed by atoms with Gasteiger partial charge >= 0.3 is 6.18 Å². The number of aromatic nitrogens is 1. The van der Waals surface area contributed by atoms with E-state index in [9.17, 15) is 26.4 Å². The van der Waals surface area contributed by atoms with E-state index in [4.69, 9.17) is 9.47 Å². The molecule has 12 heteroatoms. The molecule has 0 amide bonds. The van der Waals surface area contributed by atoms with Crippen LogP contribution in [0.25, 0.3) is 16.5 Å². The molecule has 7 nitrogen and oxygen atoms in total. The summed E-state index contributed by atoms with van der Waals surface area (Å²) in [6, 6.07) is 14.2. The Balaban J connectivity index is 1.51. The van der Waals surface area contributed by atoms with Gasteiger partial charge in [0.1, 0.15) is 17.3 Å². The summed E-state index contributed by atoms with van der Waals surface area (Å²) in [5.74, 6) is 0.462. The molecule has 39 heavy (non-hydrogen) atoms. The van der Waals surface area contributed by atoms with Crippen LogP contribution in [0.15, 0.2) is 83.2 Å². The molecule has 4 aromatic rings. The van der Waals surface area contributed by atoms with E-state index in [-0.39, 0.29) is 22.1 Å². The number of carbonyl (C=O) groups is 1. The number of benzene rings is 2. The third-order valence-corrected chi connectivity index (χ3v) is 7.81. The van der Waals surface area contributed by atoms with E-state index in [1.165, 1.54) is 48.8 Å². The SMILES string of the molecule is COc1cc(OC)c(-c2cccs2)cc1/C=C/C(=O)c1ccc(S(=O)(=O)Nc2ccc(C(F)(F)F)cn2)cc1. The molecule has 0 bridgehead atoms. The maximum atomic E-state index is 12.8. The Morgan fingerprint density at radius 3 is 2.28 bits per heavy atom. The minimum Gasteiger partial charge on any atom is -0.496 e. The molecular formula is C27H21F3N2O5S2. The number of nitrogens with one attached hydrogen (secondary N) is 1. The molecule has 2 aromatic carbocycles. The number of thiophene rings is 1. The summed E-state index contributed by atoms with van der Waals surface area (Å²) < 4.78 is 76.4. The van der Waals surface area contributed by atoms with Crippen LogP contribution in [0.5, 0.6) is 11.5 Å². The Hall–Kier alpha value is -4.16.